The fourth-order valence-electron chi connectivity index (χ4n) is 3.95. The minimum Gasteiger partial charge on any atom is -0.256 e. The zero-order valence-electron chi connectivity index (χ0n) is 18.1. The SMILES string of the molecule is FC(F)(F)c1ccc(-c2ccc(-c3cccc(-c4ccc(-c5ccccn5)cc4)c3)cc2)cc1. The molecule has 0 spiro atoms. The molecule has 0 amide bonds. The van der Waals surface area contributed by atoms with Crippen LogP contribution in [0.25, 0.3) is 44.6 Å². The summed E-state index contributed by atoms with van der Waals surface area (Å²) in [6.07, 6.45) is -2.54. The third-order valence-corrected chi connectivity index (χ3v) is 5.81. The van der Waals surface area contributed by atoms with E-state index in [1.165, 1.54) is 12.1 Å². The standard InChI is InChI=1S/C30H20F3N/c31-30(32,33)28-17-15-22(16-18-28)21-7-9-23(10-8-21)26-4-3-5-27(20-26)24-11-13-25(14-12-24)29-6-1-2-19-34-29/h1-20H. The van der Waals surface area contributed by atoms with Crippen LogP contribution in [0, 0.1) is 0 Å². The van der Waals surface area contributed by atoms with E-state index in [4.69, 9.17) is 0 Å². The Hall–Kier alpha value is -4.18. The molecule has 0 fully saturated rings. The third kappa shape index (κ3) is 4.62. The zero-order chi connectivity index (χ0) is 23.5. The molecule has 1 aromatic heterocycles. The lowest BCUT2D eigenvalue weighted by molar-refractivity contribution is -0.137. The first-order valence-electron chi connectivity index (χ1n) is 10.9. The van der Waals surface area contributed by atoms with E-state index in [2.05, 4.69) is 47.4 Å². The molecular formula is C30H20F3N. The summed E-state index contributed by atoms with van der Waals surface area (Å²) in [7, 11) is 0. The predicted molar refractivity (Wildman–Crippen MR) is 131 cm³/mol. The Morgan fingerprint density at radius 1 is 0.441 bits per heavy atom. The highest BCUT2D eigenvalue weighted by Crippen LogP contribution is 2.32. The quantitative estimate of drug-likeness (QED) is 0.266. The maximum absolute atomic E-state index is 12.8. The van der Waals surface area contributed by atoms with Gasteiger partial charge in [-0.2, -0.15) is 13.2 Å². The first-order chi connectivity index (χ1) is 16.5. The van der Waals surface area contributed by atoms with Crippen LogP contribution in [0.4, 0.5) is 13.2 Å². The van der Waals surface area contributed by atoms with Crippen molar-refractivity contribution in [2.75, 3.05) is 0 Å². The number of alkyl halides is 3. The average molecular weight is 451 g/mol. The summed E-state index contributed by atoms with van der Waals surface area (Å²) < 4.78 is 38.4. The Balaban J connectivity index is 1.37. The van der Waals surface area contributed by atoms with Gasteiger partial charge in [0.25, 0.3) is 0 Å². The maximum Gasteiger partial charge on any atom is 0.416 e. The molecule has 0 aliphatic rings. The van der Waals surface area contributed by atoms with Crippen molar-refractivity contribution in [3.05, 3.63) is 127 Å². The smallest absolute Gasteiger partial charge is 0.256 e. The molecule has 0 atom stereocenters. The van der Waals surface area contributed by atoms with Crippen molar-refractivity contribution in [1.82, 2.24) is 4.98 Å². The van der Waals surface area contributed by atoms with Crippen molar-refractivity contribution < 1.29 is 13.2 Å². The number of rotatable bonds is 4. The van der Waals surface area contributed by atoms with Gasteiger partial charge in [-0.15, -0.1) is 0 Å². The number of nitrogens with zero attached hydrogens (tertiary/aromatic N) is 1. The Bertz CT molecular complexity index is 1390. The van der Waals surface area contributed by atoms with Gasteiger partial charge < -0.3 is 0 Å². The minimum absolute atomic E-state index is 0.641. The summed E-state index contributed by atoms with van der Waals surface area (Å²) in [6.45, 7) is 0. The summed E-state index contributed by atoms with van der Waals surface area (Å²) in [4.78, 5) is 4.40. The van der Waals surface area contributed by atoms with Crippen LogP contribution in [0.5, 0.6) is 0 Å². The highest BCUT2D eigenvalue weighted by atomic mass is 19.4. The molecule has 0 radical (unpaired) electrons. The van der Waals surface area contributed by atoms with E-state index in [1.807, 2.05) is 48.5 Å². The average Bonchev–Trinajstić information content (AvgIpc) is 2.89. The fraction of sp³-hybridized carbons (Fsp3) is 0.0333. The lowest BCUT2D eigenvalue weighted by atomic mass is 9.96. The van der Waals surface area contributed by atoms with E-state index >= 15 is 0 Å². The van der Waals surface area contributed by atoms with E-state index in [-0.39, 0.29) is 0 Å². The summed E-state index contributed by atoms with van der Waals surface area (Å²) in [5.74, 6) is 0. The zero-order valence-corrected chi connectivity index (χ0v) is 18.1. The van der Waals surface area contributed by atoms with Gasteiger partial charge in [-0.3, -0.25) is 4.98 Å². The largest absolute Gasteiger partial charge is 0.416 e. The van der Waals surface area contributed by atoms with Crippen LogP contribution in [-0.4, -0.2) is 4.98 Å². The van der Waals surface area contributed by atoms with Gasteiger partial charge in [-0.05, 0) is 63.7 Å². The molecule has 34 heavy (non-hydrogen) atoms. The van der Waals surface area contributed by atoms with E-state index in [0.717, 1.165) is 56.8 Å². The van der Waals surface area contributed by atoms with Crippen molar-refractivity contribution in [3.63, 3.8) is 0 Å². The molecule has 0 bridgehead atoms. The summed E-state index contributed by atoms with van der Waals surface area (Å²) >= 11 is 0. The number of hydrogen-bond acceptors (Lipinski definition) is 1. The molecule has 0 aliphatic heterocycles. The van der Waals surface area contributed by atoms with Gasteiger partial charge in [0.15, 0.2) is 0 Å². The molecule has 1 nitrogen and oxygen atoms in total. The van der Waals surface area contributed by atoms with Gasteiger partial charge in [0.05, 0.1) is 11.3 Å². The lowest BCUT2D eigenvalue weighted by Crippen LogP contribution is -2.03. The van der Waals surface area contributed by atoms with E-state index in [9.17, 15) is 13.2 Å². The van der Waals surface area contributed by atoms with Crippen molar-refractivity contribution >= 4 is 0 Å². The number of pyridine rings is 1. The van der Waals surface area contributed by atoms with Gasteiger partial charge in [0.2, 0.25) is 0 Å². The molecule has 0 saturated carbocycles. The first kappa shape index (κ1) is 21.7. The molecule has 5 rings (SSSR count). The number of benzene rings is 4. The van der Waals surface area contributed by atoms with Crippen molar-refractivity contribution in [2.45, 2.75) is 6.18 Å². The Morgan fingerprint density at radius 2 is 0.912 bits per heavy atom. The maximum atomic E-state index is 12.8. The third-order valence-electron chi connectivity index (χ3n) is 5.81. The van der Waals surface area contributed by atoms with E-state index in [1.54, 1.807) is 6.20 Å². The topological polar surface area (TPSA) is 12.9 Å². The molecule has 166 valence electrons. The van der Waals surface area contributed by atoms with Gasteiger partial charge in [0, 0.05) is 11.8 Å². The Labute approximate surface area is 196 Å². The first-order valence-corrected chi connectivity index (χ1v) is 10.9. The van der Waals surface area contributed by atoms with Gasteiger partial charge in [0.1, 0.15) is 0 Å². The second-order valence-electron chi connectivity index (χ2n) is 8.03. The van der Waals surface area contributed by atoms with Crippen LogP contribution in [0.2, 0.25) is 0 Å². The van der Waals surface area contributed by atoms with Gasteiger partial charge in [-0.1, -0.05) is 84.9 Å². The molecule has 0 unspecified atom stereocenters. The molecule has 5 aromatic rings. The van der Waals surface area contributed by atoms with Gasteiger partial charge in [-0.25, -0.2) is 0 Å². The molecule has 1 heterocycles. The molecule has 0 N–H and O–H groups in total. The second-order valence-corrected chi connectivity index (χ2v) is 8.03. The minimum atomic E-state index is -4.33. The van der Waals surface area contributed by atoms with Crippen LogP contribution in [0.1, 0.15) is 5.56 Å². The second kappa shape index (κ2) is 8.99. The highest BCUT2D eigenvalue weighted by Gasteiger charge is 2.29. The van der Waals surface area contributed by atoms with Crippen molar-refractivity contribution in [2.24, 2.45) is 0 Å². The molecule has 0 saturated heterocycles. The fourth-order valence-corrected chi connectivity index (χ4v) is 3.95. The molecule has 4 heteroatoms. The van der Waals surface area contributed by atoms with Crippen LogP contribution >= 0.6 is 0 Å². The lowest BCUT2D eigenvalue weighted by Gasteiger charge is -2.10. The highest BCUT2D eigenvalue weighted by molar-refractivity contribution is 5.76. The number of aromatic nitrogens is 1. The van der Waals surface area contributed by atoms with Crippen LogP contribution in [-0.2, 0) is 6.18 Å². The van der Waals surface area contributed by atoms with Gasteiger partial charge >= 0.3 is 6.18 Å². The molecular weight excluding hydrogens is 431 g/mol. The number of hydrogen-bond donors (Lipinski definition) is 0. The monoisotopic (exact) mass is 451 g/mol. The van der Waals surface area contributed by atoms with Crippen molar-refractivity contribution in [3.8, 4) is 44.6 Å². The van der Waals surface area contributed by atoms with E-state index in [0.29, 0.717) is 0 Å². The normalized spacial score (nSPS) is 11.4. The summed E-state index contributed by atoms with van der Waals surface area (Å²) in [5, 5.41) is 0. The molecule has 0 aliphatic carbocycles. The van der Waals surface area contributed by atoms with Crippen LogP contribution in [0.15, 0.2) is 121 Å². The summed E-state index contributed by atoms with van der Waals surface area (Å²) in [6, 6.07) is 35.6. The van der Waals surface area contributed by atoms with Crippen molar-refractivity contribution in [1.29, 1.82) is 0 Å². The van der Waals surface area contributed by atoms with E-state index < -0.39 is 11.7 Å². The Kier molecular flexibility index (Phi) is 5.72. The Morgan fingerprint density at radius 3 is 1.38 bits per heavy atom. The van der Waals surface area contributed by atoms with Crippen LogP contribution in [0.3, 0.4) is 0 Å². The number of halogens is 3. The van der Waals surface area contributed by atoms with Crippen LogP contribution < -0.4 is 0 Å². The summed E-state index contributed by atoms with van der Waals surface area (Å²) in [5.41, 5.74) is 7.33. The predicted octanol–water partition coefficient (Wildman–Crippen LogP) is 8.77. The molecule has 4 aromatic carbocycles.